The summed E-state index contributed by atoms with van der Waals surface area (Å²) in [5.74, 6) is 0.481. The number of hydrogen-bond donors (Lipinski definition) is 1. The molecule has 1 aliphatic rings. The standard InChI is InChI=1S/C14H14ClN5OS/c1-20-10(8-3-2-4-9(8)19-20)7-16-14-18-17-13(21-14)11-5-6-12(15)22-11/h5-6H,2-4,7H2,1H3,(H,16,18). The first-order valence-electron chi connectivity index (χ1n) is 7.07. The maximum atomic E-state index is 5.92. The van der Waals surface area contributed by atoms with E-state index in [0.717, 1.165) is 17.7 Å². The maximum absolute atomic E-state index is 5.92. The van der Waals surface area contributed by atoms with E-state index in [1.807, 2.05) is 23.9 Å². The first-order chi connectivity index (χ1) is 10.7. The molecule has 1 aliphatic carbocycles. The van der Waals surface area contributed by atoms with Gasteiger partial charge in [0.25, 0.3) is 5.89 Å². The van der Waals surface area contributed by atoms with Crippen molar-refractivity contribution in [1.29, 1.82) is 0 Å². The minimum absolute atomic E-state index is 0.410. The number of hydrogen-bond acceptors (Lipinski definition) is 6. The van der Waals surface area contributed by atoms with Crippen molar-refractivity contribution in [2.24, 2.45) is 7.05 Å². The van der Waals surface area contributed by atoms with Crippen molar-refractivity contribution >= 4 is 29.0 Å². The number of fused-ring (bicyclic) bond motifs is 1. The highest BCUT2D eigenvalue weighted by atomic mass is 35.5. The number of nitrogens with zero attached hydrogens (tertiary/aromatic N) is 4. The Morgan fingerprint density at radius 1 is 1.36 bits per heavy atom. The number of thiophene rings is 1. The van der Waals surface area contributed by atoms with E-state index >= 15 is 0 Å². The summed E-state index contributed by atoms with van der Waals surface area (Å²) in [5.41, 5.74) is 3.77. The van der Waals surface area contributed by atoms with Gasteiger partial charge in [0.2, 0.25) is 0 Å². The second-order valence-corrected chi connectivity index (χ2v) is 6.93. The van der Waals surface area contributed by atoms with Gasteiger partial charge in [-0.1, -0.05) is 16.7 Å². The third-order valence-corrected chi connectivity index (χ3v) is 5.03. The topological polar surface area (TPSA) is 68.8 Å². The maximum Gasteiger partial charge on any atom is 0.316 e. The molecule has 0 atom stereocenters. The van der Waals surface area contributed by atoms with Gasteiger partial charge in [-0.15, -0.1) is 16.4 Å². The number of rotatable bonds is 4. The summed E-state index contributed by atoms with van der Waals surface area (Å²) in [6.45, 7) is 0.631. The lowest BCUT2D eigenvalue weighted by atomic mass is 10.2. The van der Waals surface area contributed by atoms with Crippen LogP contribution in [0.5, 0.6) is 0 Å². The normalized spacial score (nSPS) is 13.5. The number of halogens is 1. The van der Waals surface area contributed by atoms with Gasteiger partial charge in [0.1, 0.15) is 0 Å². The van der Waals surface area contributed by atoms with Crippen molar-refractivity contribution in [2.45, 2.75) is 25.8 Å². The van der Waals surface area contributed by atoms with Crippen LogP contribution in [0.1, 0.15) is 23.4 Å². The quantitative estimate of drug-likeness (QED) is 0.792. The van der Waals surface area contributed by atoms with Crippen LogP contribution >= 0.6 is 22.9 Å². The number of aryl methyl sites for hydroxylation is 2. The highest BCUT2D eigenvalue weighted by Gasteiger charge is 2.21. The van der Waals surface area contributed by atoms with E-state index < -0.39 is 0 Å². The Labute approximate surface area is 136 Å². The van der Waals surface area contributed by atoms with E-state index in [1.54, 1.807) is 0 Å². The van der Waals surface area contributed by atoms with Gasteiger partial charge in [0.15, 0.2) is 0 Å². The van der Waals surface area contributed by atoms with E-state index in [4.69, 9.17) is 16.0 Å². The highest BCUT2D eigenvalue weighted by molar-refractivity contribution is 7.19. The van der Waals surface area contributed by atoms with Gasteiger partial charge in [-0.25, -0.2) is 0 Å². The van der Waals surface area contributed by atoms with Crippen LogP contribution in [0, 0.1) is 0 Å². The number of nitrogens with one attached hydrogen (secondary N) is 1. The zero-order chi connectivity index (χ0) is 15.1. The third-order valence-electron chi connectivity index (χ3n) is 3.81. The first-order valence-corrected chi connectivity index (χ1v) is 8.27. The second kappa shape index (κ2) is 5.40. The largest absolute Gasteiger partial charge is 0.403 e. The van der Waals surface area contributed by atoms with Gasteiger partial charge < -0.3 is 9.73 Å². The molecule has 0 unspecified atom stereocenters. The summed E-state index contributed by atoms with van der Waals surface area (Å²) in [6, 6.07) is 4.10. The molecule has 3 aromatic heterocycles. The Kier molecular flexibility index (Phi) is 3.38. The molecule has 0 radical (unpaired) electrons. The fourth-order valence-corrected chi connectivity index (χ4v) is 3.75. The average Bonchev–Trinajstić information content (AvgIpc) is 3.21. The molecule has 0 aliphatic heterocycles. The molecule has 0 aromatic carbocycles. The molecular formula is C14H14ClN5OS. The molecule has 0 saturated heterocycles. The summed E-state index contributed by atoms with van der Waals surface area (Å²) in [7, 11) is 1.97. The van der Waals surface area contributed by atoms with Gasteiger partial charge in [-0.3, -0.25) is 4.68 Å². The van der Waals surface area contributed by atoms with Crippen LogP contribution in [-0.4, -0.2) is 20.0 Å². The Morgan fingerprint density at radius 2 is 2.27 bits per heavy atom. The third kappa shape index (κ3) is 2.40. The summed E-state index contributed by atoms with van der Waals surface area (Å²) in [6.07, 6.45) is 3.37. The lowest BCUT2D eigenvalue weighted by Gasteiger charge is -2.04. The summed E-state index contributed by atoms with van der Waals surface area (Å²) in [5, 5.41) is 15.8. The molecule has 1 N–H and O–H groups in total. The monoisotopic (exact) mass is 335 g/mol. The average molecular weight is 336 g/mol. The van der Waals surface area contributed by atoms with Crippen molar-refractivity contribution in [3.63, 3.8) is 0 Å². The Morgan fingerprint density at radius 3 is 3.09 bits per heavy atom. The molecule has 0 amide bonds. The summed E-state index contributed by atoms with van der Waals surface area (Å²) >= 11 is 7.34. The predicted octanol–water partition coefficient (Wildman–Crippen LogP) is 3.29. The predicted molar refractivity (Wildman–Crippen MR) is 85.2 cm³/mol. The number of anilines is 1. The van der Waals surface area contributed by atoms with Crippen LogP contribution in [0.15, 0.2) is 16.5 Å². The van der Waals surface area contributed by atoms with Crippen LogP contribution in [0.4, 0.5) is 6.01 Å². The van der Waals surface area contributed by atoms with Crippen LogP contribution in [0.3, 0.4) is 0 Å². The first kappa shape index (κ1) is 13.8. The lowest BCUT2D eigenvalue weighted by molar-refractivity contribution is 0.579. The van der Waals surface area contributed by atoms with Crippen molar-refractivity contribution in [2.75, 3.05) is 5.32 Å². The molecule has 22 heavy (non-hydrogen) atoms. The van der Waals surface area contributed by atoms with Crippen molar-refractivity contribution < 1.29 is 4.42 Å². The van der Waals surface area contributed by atoms with Crippen LogP contribution in [0.2, 0.25) is 4.34 Å². The van der Waals surface area contributed by atoms with Gasteiger partial charge in [-0.2, -0.15) is 5.10 Å². The summed E-state index contributed by atoms with van der Waals surface area (Å²) in [4.78, 5) is 0.868. The zero-order valence-electron chi connectivity index (χ0n) is 12.0. The fourth-order valence-electron chi connectivity index (χ4n) is 2.79. The molecule has 3 aromatic rings. The SMILES string of the molecule is Cn1nc2c(c1CNc1nnc(-c3ccc(Cl)s3)o1)CCC2. The molecule has 8 heteroatoms. The molecule has 3 heterocycles. The van der Waals surface area contributed by atoms with E-state index in [2.05, 4.69) is 20.6 Å². The van der Waals surface area contributed by atoms with E-state index in [1.165, 1.54) is 34.7 Å². The van der Waals surface area contributed by atoms with E-state index in [9.17, 15) is 0 Å². The van der Waals surface area contributed by atoms with Crippen LogP contribution in [-0.2, 0) is 26.4 Å². The van der Waals surface area contributed by atoms with Crippen molar-refractivity contribution in [3.05, 3.63) is 33.4 Å². The highest BCUT2D eigenvalue weighted by Crippen LogP contribution is 2.31. The van der Waals surface area contributed by atoms with Crippen molar-refractivity contribution in [1.82, 2.24) is 20.0 Å². The minimum Gasteiger partial charge on any atom is -0.403 e. The molecule has 0 bridgehead atoms. The Balaban J connectivity index is 1.50. The molecule has 6 nitrogen and oxygen atoms in total. The Hall–Kier alpha value is -1.86. The molecule has 0 fully saturated rings. The molecule has 4 rings (SSSR count). The fraction of sp³-hybridized carbons (Fsp3) is 0.357. The van der Waals surface area contributed by atoms with Gasteiger partial charge in [0.05, 0.1) is 27.1 Å². The number of aromatic nitrogens is 4. The zero-order valence-corrected chi connectivity index (χ0v) is 13.5. The molecule has 114 valence electrons. The van der Waals surface area contributed by atoms with Crippen LogP contribution < -0.4 is 5.32 Å². The molecule has 0 spiro atoms. The smallest absolute Gasteiger partial charge is 0.316 e. The van der Waals surface area contributed by atoms with Crippen molar-refractivity contribution in [3.8, 4) is 10.8 Å². The Bertz CT molecular complexity index is 821. The molecule has 0 saturated carbocycles. The van der Waals surface area contributed by atoms with Gasteiger partial charge >= 0.3 is 6.01 Å². The van der Waals surface area contributed by atoms with Crippen LogP contribution in [0.25, 0.3) is 10.8 Å². The van der Waals surface area contributed by atoms with E-state index in [0.29, 0.717) is 22.8 Å². The summed E-state index contributed by atoms with van der Waals surface area (Å²) < 4.78 is 8.27. The lowest BCUT2D eigenvalue weighted by Crippen LogP contribution is -2.07. The van der Waals surface area contributed by atoms with Gasteiger partial charge in [0, 0.05) is 7.05 Å². The van der Waals surface area contributed by atoms with E-state index in [-0.39, 0.29) is 0 Å². The second-order valence-electron chi connectivity index (χ2n) is 5.22. The van der Waals surface area contributed by atoms with Gasteiger partial charge in [-0.05, 0) is 37.0 Å². The minimum atomic E-state index is 0.410. The molecular weight excluding hydrogens is 322 g/mol.